The third-order valence-electron chi connectivity index (χ3n) is 5.03. The Morgan fingerprint density at radius 3 is 2.61 bits per heavy atom. The standard InChI is InChI=1S/C19H18F3N5O/c20-19(21,22)14-2-1-5-24-16(14)11-27-17-15(25-8-9-26-17)10-13(18(27)28)12-3-6-23-7-4-12/h1-2,5,8-10,12,23H,3-4,6-7,11H2. The van der Waals surface area contributed by atoms with Crippen molar-refractivity contribution in [1.82, 2.24) is 24.8 Å². The number of aromatic nitrogens is 4. The van der Waals surface area contributed by atoms with Crippen molar-refractivity contribution in [2.75, 3.05) is 13.1 Å². The van der Waals surface area contributed by atoms with Crippen LogP contribution in [0.25, 0.3) is 11.2 Å². The van der Waals surface area contributed by atoms with Crippen molar-refractivity contribution in [3.05, 3.63) is 64.0 Å². The van der Waals surface area contributed by atoms with Crippen LogP contribution in [0.3, 0.4) is 0 Å². The van der Waals surface area contributed by atoms with E-state index in [9.17, 15) is 18.0 Å². The number of piperidine rings is 1. The average Bonchev–Trinajstić information content (AvgIpc) is 2.70. The van der Waals surface area contributed by atoms with Crippen LogP contribution in [-0.2, 0) is 12.7 Å². The maximum absolute atomic E-state index is 13.4. The van der Waals surface area contributed by atoms with Crippen LogP contribution in [-0.4, -0.2) is 32.6 Å². The minimum Gasteiger partial charge on any atom is -0.317 e. The van der Waals surface area contributed by atoms with Gasteiger partial charge in [0.1, 0.15) is 5.52 Å². The van der Waals surface area contributed by atoms with Gasteiger partial charge in [0.05, 0.1) is 17.8 Å². The molecule has 4 heterocycles. The van der Waals surface area contributed by atoms with E-state index in [1.807, 2.05) is 0 Å². The molecule has 28 heavy (non-hydrogen) atoms. The number of hydrogen-bond donors (Lipinski definition) is 1. The first-order valence-corrected chi connectivity index (χ1v) is 9.01. The van der Waals surface area contributed by atoms with Crippen LogP contribution in [0, 0.1) is 0 Å². The Balaban J connectivity index is 1.87. The SMILES string of the molecule is O=c1c(C2CCNCC2)cc2nccnc2n1Cc1ncccc1C(F)(F)F. The first kappa shape index (κ1) is 18.5. The van der Waals surface area contributed by atoms with E-state index in [0.717, 1.165) is 32.0 Å². The zero-order valence-corrected chi connectivity index (χ0v) is 14.9. The second-order valence-corrected chi connectivity index (χ2v) is 6.78. The highest BCUT2D eigenvalue weighted by Crippen LogP contribution is 2.31. The zero-order chi connectivity index (χ0) is 19.7. The van der Waals surface area contributed by atoms with Crippen LogP contribution in [0.4, 0.5) is 13.2 Å². The van der Waals surface area contributed by atoms with Gasteiger partial charge in [0.2, 0.25) is 0 Å². The van der Waals surface area contributed by atoms with E-state index in [1.54, 1.807) is 6.07 Å². The van der Waals surface area contributed by atoms with E-state index in [0.29, 0.717) is 11.1 Å². The highest BCUT2D eigenvalue weighted by atomic mass is 19.4. The molecule has 146 valence electrons. The van der Waals surface area contributed by atoms with Gasteiger partial charge in [-0.2, -0.15) is 13.2 Å². The minimum absolute atomic E-state index is 0.0391. The number of nitrogens with one attached hydrogen (secondary N) is 1. The Morgan fingerprint density at radius 1 is 1.11 bits per heavy atom. The smallest absolute Gasteiger partial charge is 0.317 e. The minimum atomic E-state index is -4.55. The molecular formula is C19H18F3N5O. The molecule has 1 aliphatic rings. The lowest BCUT2D eigenvalue weighted by atomic mass is 9.91. The number of fused-ring (bicyclic) bond motifs is 1. The molecule has 3 aromatic rings. The summed E-state index contributed by atoms with van der Waals surface area (Å²) in [4.78, 5) is 25.6. The molecule has 0 unspecified atom stereocenters. The maximum Gasteiger partial charge on any atom is 0.418 e. The molecule has 0 atom stereocenters. The van der Waals surface area contributed by atoms with Crippen LogP contribution >= 0.6 is 0 Å². The van der Waals surface area contributed by atoms with E-state index in [1.165, 1.54) is 29.2 Å². The largest absolute Gasteiger partial charge is 0.418 e. The fourth-order valence-electron chi connectivity index (χ4n) is 3.66. The number of rotatable bonds is 3. The van der Waals surface area contributed by atoms with Crippen LogP contribution in [0.2, 0.25) is 0 Å². The summed E-state index contributed by atoms with van der Waals surface area (Å²) in [7, 11) is 0. The van der Waals surface area contributed by atoms with E-state index >= 15 is 0 Å². The average molecular weight is 389 g/mol. The molecule has 1 aliphatic heterocycles. The molecule has 9 heteroatoms. The third kappa shape index (κ3) is 3.49. The Morgan fingerprint density at radius 2 is 1.86 bits per heavy atom. The molecule has 0 amide bonds. The van der Waals surface area contributed by atoms with Gasteiger partial charge in [-0.25, -0.2) is 4.98 Å². The molecule has 6 nitrogen and oxygen atoms in total. The number of halogens is 3. The summed E-state index contributed by atoms with van der Waals surface area (Å²) in [6, 6.07) is 3.93. The van der Waals surface area contributed by atoms with Crippen LogP contribution in [0.1, 0.15) is 35.6 Å². The Hall–Kier alpha value is -2.81. The van der Waals surface area contributed by atoms with Crippen molar-refractivity contribution < 1.29 is 13.2 Å². The van der Waals surface area contributed by atoms with Gasteiger partial charge in [0.25, 0.3) is 5.56 Å². The van der Waals surface area contributed by atoms with Gasteiger partial charge in [-0.3, -0.25) is 19.3 Å². The van der Waals surface area contributed by atoms with Gasteiger partial charge in [0.15, 0.2) is 5.65 Å². The highest BCUT2D eigenvalue weighted by molar-refractivity contribution is 5.70. The highest BCUT2D eigenvalue weighted by Gasteiger charge is 2.34. The molecule has 0 bridgehead atoms. The topological polar surface area (TPSA) is 72.7 Å². The molecule has 0 saturated carbocycles. The predicted molar refractivity (Wildman–Crippen MR) is 97.0 cm³/mol. The summed E-state index contributed by atoms with van der Waals surface area (Å²) in [5.41, 5.74) is -0.0977. The zero-order valence-electron chi connectivity index (χ0n) is 14.9. The van der Waals surface area contributed by atoms with Gasteiger partial charge >= 0.3 is 6.18 Å². The summed E-state index contributed by atoms with van der Waals surface area (Å²) in [6.07, 6.45) is 1.25. The summed E-state index contributed by atoms with van der Waals surface area (Å²) in [5.74, 6) is 0.0391. The number of nitrogens with zero attached hydrogens (tertiary/aromatic N) is 4. The van der Waals surface area contributed by atoms with Crippen LogP contribution in [0.15, 0.2) is 41.6 Å². The Labute approximate surface area is 158 Å². The molecule has 1 fully saturated rings. The molecule has 0 aromatic carbocycles. The van der Waals surface area contributed by atoms with Gasteiger partial charge in [-0.1, -0.05) is 0 Å². The van der Waals surface area contributed by atoms with Crippen molar-refractivity contribution in [3.63, 3.8) is 0 Å². The summed E-state index contributed by atoms with van der Waals surface area (Å²) < 4.78 is 41.4. The number of alkyl halides is 3. The number of hydrogen-bond acceptors (Lipinski definition) is 5. The molecule has 0 radical (unpaired) electrons. The predicted octanol–water partition coefficient (Wildman–Crippen LogP) is 2.72. The van der Waals surface area contributed by atoms with Gasteiger partial charge in [-0.15, -0.1) is 0 Å². The fraction of sp³-hybridized carbons (Fsp3) is 0.368. The molecule has 1 N–H and O–H groups in total. The Bertz CT molecular complexity index is 1060. The first-order chi connectivity index (χ1) is 13.4. The van der Waals surface area contributed by atoms with Gasteiger partial charge in [-0.05, 0) is 50.0 Å². The van der Waals surface area contributed by atoms with Crippen molar-refractivity contribution in [3.8, 4) is 0 Å². The quantitative estimate of drug-likeness (QED) is 0.746. The molecule has 4 rings (SSSR count). The third-order valence-corrected chi connectivity index (χ3v) is 5.03. The second-order valence-electron chi connectivity index (χ2n) is 6.78. The van der Waals surface area contributed by atoms with Crippen molar-refractivity contribution >= 4 is 11.2 Å². The molecule has 3 aromatic heterocycles. The first-order valence-electron chi connectivity index (χ1n) is 9.01. The van der Waals surface area contributed by atoms with E-state index in [-0.39, 0.29) is 29.4 Å². The van der Waals surface area contributed by atoms with Crippen LogP contribution in [0.5, 0.6) is 0 Å². The molecular weight excluding hydrogens is 371 g/mol. The second kappa shape index (κ2) is 7.31. The van der Waals surface area contributed by atoms with Crippen LogP contribution < -0.4 is 10.9 Å². The van der Waals surface area contributed by atoms with E-state index in [2.05, 4.69) is 20.3 Å². The van der Waals surface area contributed by atoms with Crippen molar-refractivity contribution in [1.29, 1.82) is 0 Å². The van der Waals surface area contributed by atoms with E-state index < -0.39 is 11.7 Å². The molecule has 0 aliphatic carbocycles. The normalized spacial score (nSPS) is 15.8. The van der Waals surface area contributed by atoms with E-state index in [4.69, 9.17) is 0 Å². The number of pyridine rings is 2. The molecule has 0 spiro atoms. The summed E-state index contributed by atoms with van der Waals surface area (Å²) in [6.45, 7) is 1.27. The van der Waals surface area contributed by atoms with Gasteiger partial charge in [0, 0.05) is 24.2 Å². The lowest BCUT2D eigenvalue weighted by molar-refractivity contribution is -0.138. The fourth-order valence-corrected chi connectivity index (χ4v) is 3.66. The van der Waals surface area contributed by atoms with Crippen molar-refractivity contribution in [2.45, 2.75) is 31.5 Å². The van der Waals surface area contributed by atoms with Gasteiger partial charge < -0.3 is 5.32 Å². The monoisotopic (exact) mass is 389 g/mol. The Kier molecular flexibility index (Phi) is 4.84. The maximum atomic E-state index is 13.4. The summed E-state index contributed by atoms with van der Waals surface area (Å²) in [5, 5.41) is 3.25. The molecule has 1 saturated heterocycles. The van der Waals surface area contributed by atoms with Crippen molar-refractivity contribution in [2.24, 2.45) is 0 Å². The summed E-state index contributed by atoms with van der Waals surface area (Å²) >= 11 is 0. The lowest BCUT2D eigenvalue weighted by Gasteiger charge is -2.23. The lowest BCUT2D eigenvalue weighted by Crippen LogP contribution is -2.33.